The number of halogens is 1. The highest BCUT2D eigenvalue weighted by Crippen LogP contribution is 2.59. The summed E-state index contributed by atoms with van der Waals surface area (Å²) in [4.78, 5) is 39.3. The molecule has 4 rings (SSSR count). The number of ether oxygens (including phenoxy) is 5. The molecule has 3 unspecified atom stereocenters. The van der Waals surface area contributed by atoms with E-state index in [1.54, 1.807) is 38.9 Å². The van der Waals surface area contributed by atoms with Gasteiger partial charge in [0.05, 0.1) is 59.7 Å². The van der Waals surface area contributed by atoms with Crippen LogP contribution in [0.2, 0.25) is 0 Å². The van der Waals surface area contributed by atoms with E-state index >= 15 is 0 Å². The molecular weight excluding hydrogens is 1010 g/mol. The lowest BCUT2D eigenvalue weighted by atomic mass is 9.72. The van der Waals surface area contributed by atoms with Crippen molar-refractivity contribution in [2.45, 2.75) is 171 Å². The Balaban J connectivity index is 1.46. The zero-order valence-corrected chi connectivity index (χ0v) is 45.9. The number of methoxy groups -OCH3 is 2. The number of oxazole rings is 1. The molecule has 1 aromatic rings. The van der Waals surface area contributed by atoms with Crippen molar-refractivity contribution in [1.82, 2.24) is 15.2 Å². The van der Waals surface area contributed by atoms with Crippen molar-refractivity contribution < 1.29 is 72.2 Å². The summed E-state index contributed by atoms with van der Waals surface area (Å²) in [5.41, 5.74) is 0.249. The fraction of sp³-hybridized carbons (Fsp3) is 0.740. The zero-order chi connectivity index (χ0) is 53.4. The SMILES string of the molecule is COCC([C@@H](O)[C@@H](O)C(=O)NCC[C@@H](C)c1nc(/C=C/C[C@H]2OC3(C[C@H](O)[C@H]2C)O[C@@H]([C@@H](C[C@@H](O)[C@@H](C)[C@H]2OC(C)(/C(C)=C/C=C/C(C)=C\C#N)[C@@H](Br)[C@@H]2C)OC)[C@@H](OP(=O)(O)O)C3(C)C)co1)N(C)C. The third-order valence-corrected chi connectivity index (χ3v) is 17.2. The Kier molecular flexibility index (Phi) is 22.0. The quantitative estimate of drug-likeness (QED) is 0.0299. The summed E-state index contributed by atoms with van der Waals surface area (Å²) in [5, 5.41) is 56.2. The van der Waals surface area contributed by atoms with Crippen molar-refractivity contribution >= 4 is 35.7 Å². The van der Waals surface area contributed by atoms with Crippen LogP contribution in [0.5, 0.6) is 0 Å². The van der Waals surface area contributed by atoms with Gasteiger partial charge in [0.25, 0.3) is 5.91 Å². The number of aliphatic hydroxyl groups is 4. The largest absolute Gasteiger partial charge is 0.469 e. The highest BCUT2D eigenvalue weighted by atomic mass is 79.9. The van der Waals surface area contributed by atoms with Crippen LogP contribution < -0.4 is 5.32 Å². The number of carbonyl (C=O) groups is 1. The van der Waals surface area contributed by atoms with E-state index in [0.717, 1.165) is 11.1 Å². The van der Waals surface area contributed by atoms with Gasteiger partial charge in [0.2, 0.25) is 0 Å². The number of allylic oxidation sites excluding steroid dienone is 5. The van der Waals surface area contributed by atoms with Crippen LogP contribution in [0.15, 0.2) is 52.2 Å². The summed E-state index contributed by atoms with van der Waals surface area (Å²) in [7, 11) is 1.19. The number of nitrogens with one attached hydrogen (secondary N) is 1. The minimum atomic E-state index is -5.14. The first-order chi connectivity index (χ1) is 33.1. The number of hydrogen-bond acceptors (Lipinski definition) is 16. The lowest BCUT2D eigenvalue weighted by molar-refractivity contribution is -0.334. The maximum absolute atomic E-state index is 12.6. The maximum Gasteiger partial charge on any atom is 0.469 e. The average Bonchev–Trinajstić information content (AvgIpc) is 3.93. The number of phosphoric ester groups is 1. The van der Waals surface area contributed by atoms with Crippen LogP contribution in [-0.4, -0.2) is 165 Å². The van der Waals surface area contributed by atoms with Crippen molar-refractivity contribution in [1.29, 1.82) is 5.26 Å². The number of aromatic nitrogens is 1. The summed E-state index contributed by atoms with van der Waals surface area (Å²) < 4.78 is 55.4. The molecule has 1 spiro atoms. The smallest absolute Gasteiger partial charge is 0.448 e. The maximum atomic E-state index is 12.6. The number of hydrogen-bond donors (Lipinski definition) is 7. The molecule has 3 aliphatic rings. The summed E-state index contributed by atoms with van der Waals surface area (Å²) in [6, 6.07) is 1.43. The van der Waals surface area contributed by atoms with Crippen LogP contribution in [0.25, 0.3) is 6.08 Å². The molecule has 1 amide bonds. The molecule has 0 radical (unpaired) electrons. The van der Waals surface area contributed by atoms with Crippen LogP contribution in [0.4, 0.5) is 0 Å². The number of aliphatic hydroxyl groups excluding tert-OH is 4. The molecule has 402 valence electrons. The Labute approximate surface area is 428 Å². The lowest BCUT2D eigenvalue weighted by Gasteiger charge is -2.50. The van der Waals surface area contributed by atoms with Gasteiger partial charge in [-0.15, -0.1) is 0 Å². The van der Waals surface area contributed by atoms with E-state index in [1.807, 2.05) is 71.9 Å². The molecule has 0 saturated carbocycles. The van der Waals surface area contributed by atoms with Gasteiger partial charge < -0.3 is 68.5 Å². The number of phosphoric acid groups is 1. The van der Waals surface area contributed by atoms with Crippen molar-refractivity contribution in [3.05, 3.63) is 59.4 Å². The molecular formula is C50H80BrN4O15P. The molecule has 17 atom stereocenters. The fourth-order valence-corrected chi connectivity index (χ4v) is 11.4. The number of carbonyl (C=O) groups excluding carboxylic acids is 1. The minimum Gasteiger partial charge on any atom is -0.448 e. The summed E-state index contributed by atoms with van der Waals surface area (Å²) in [5.74, 6) is -3.00. The molecule has 3 fully saturated rings. The van der Waals surface area contributed by atoms with Crippen LogP contribution >= 0.6 is 23.8 Å². The Morgan fingerprint density at radius 2 is 1.77 bits per heavy atom. The van der Waals surface area contributed by atoms with E-state index in [9.17, 15) is 39.6 Å². The van der Waals surface area contributed by atoms with E-state index in [-0.39, 0.29) is 49.1 Å². The van der Waals surface area contributed by atoms with Gasteiger partial charge >= 0.3 is 7.82 Å². The predicted octanol–water partition coefficient (Wildman–Crippen LogP) is 5.30. The lowest BCUT2D eigenvalue weighted by Crippen LogP contribution is -2.58. The van der Waals surface area contributed by atoms with E-state index in [0.29, 0.717) is 18.0 Å². The highest BCUT2D eigenvalue weighted by Gasteiger charge is 2.68. The van der Waals surface area contributed by atoms with Gasteiger partial charge in [0.15, 0.2) is 17.8 Å². The van der Waals surface area contributed by atoms with Crippen LogP contribution in [-0.2, 0) is 37.6 Å². The van der Waals surface area contributed by atoms with Gasteiger partial charge in [-0.2, -0.15) is 5.26 Å². The van der Waals surface area contributed by atoms with Gasteiger partial charge in [-0.25, -0.2) is 9.55 Å². The third-order valence-electron chi connectivity index (χ3n) is 15.0. The van der Waals surface area contributed by atoms with E-state index < -0.39 is 103 Å². The van der Waals surface area contributed by atoms with Crippen LogP contribution in [0, 0.1) is 34.5 Å². The molecule has 0 bridgehead atoms. The molecule has 7 N–H and O–H groups in total. The number of rotatable bonds is 24. The van der Waals surface area contributed by atoms with Crippen molar-refractivity contribution in [2.24, 2.45) is 23.2 Å². The topological polar surface area (TPSA) is 276 Å². The van der Waals surface area contributed by atoms with E-state index in [4.69, 9.17) is 37.9 Å². The Hall–Kier alpha value is -2.68. The zero-order valence-electron chi connectivity index (χ0n) is 43.5. The first-order valence-corrected chi connectivity index (χ1v) is 26.7. The van der Waals surface area contributed by atoms with E-state index in [1.165, 1.54) is 26.6 Å². The van der Waals surface area contributed by atoms with Crippen molar-refractivity contribution in [3.63, 3.8) is 0 Å². The predicted molar refractivity (Wildman–Crippen MR) is 269 cm³/mol. The molecule has 4 heterocycles. The van der Waals surface area contributed by atoms with E-state index in [2.05, 4.69) is 33.2 Å². The second-order valence-corrected chi connectivity index (χ2v) is 22.8. The Morgan fingerprint density at radius 1 is 1.10 bits per heavy atom. The number of nitriles is 1. The monoisotopic (exact) mass is 1090 g/mol. The van der Waals surface area contributed by atoms with Crippen LogP contribution in [0.1, 0.15) is 105 Å². The first kappa shape index (κ1) is 60.9. The molecule has 19 nitrogen and oxygen atoms in total. The average molecular weight is 1090 g/mol. The summed E-state index contributed by atoms with van der Waals surface area (Å²) >= 11 is 3.88. The Morgan fingerprint density at radius 3 is 2.38 bits per heavy atom. The van der Waals surface area contributed by atoms with Crippen LogP contribution in [0.3, 0.4) is 0 Å². The normalized spacial score (nSPS) is 32.6. The molecule has 21 heteroatoms. The van der Waals surface area contributed by atoms with Gasteiger partial charge in [-0.05, 0) is 70.8 Å². The fourth-order valence-electron chi connectivity index (χ4n) is 9.91. The van der Waals surface area contributed by atoms with Gasteiger partial charge in [0.1, 0.15) is 30.3 Å². The molecule has 3 aliphatic heterocycles. The van der Waals surface area contributed by atoms with Crippen molar-refractivity contribution in [3.8, 4) is 6.07 Å². The second kappa shape index (κ2) is 25.7. The highest BCUT2D eigenvalue weighted by molar-refractivity contribution is 9.09. The number of nitrogens with zero attached hydrogens (tertiary/aromatic N) is 3. The molecule has 0 aromatic carbocycles. The Bertz CT molecular complexity index is 2120. The van der Waals surface area contributed by atoms with Gasteiger partial charge in [0, 0.05) is 62.9 Å². The number of likely N-dealkylation sites (N-methyl/N-ethyl adjacent to an activating group) is 1. The van der Waals surface area contributed by atoms with Crippen molar-refractivity contribution in [2.75, 3.05) is 41.5 Å². The summed E-state index contributed by atoms with van der Waals surface area (Å²) in [6.07, 6.45) is 3.33. The van der Waals surface area contributed by atoms with Gasteiger partial charge in [-0.1, -0.05) is 81.8 Å². The standard InChI is InChI=1S/C50H80BrN4O15P/c1-28(20-22-52)16-14-17-30(3)49(9)44(51)33(6)42(68-49)32(5)36(56)24-39(65-13)43-45(70-71(61,62)63)48(7,8)50(69-43)25-37(57)31(4)38(67-50)19-15-18-34-26-66-47(54-34)29(2)21-23-53-46(60)41(59)40(58)35(27-64-12)55(10)11/h14-18,20,26,29,31-33,35-45,56-59H,19,21,23-25,27H2,1-13H3,(H,53,60)(H2,61,62,63)/b16-14+,18-15+,28-20-,30-17+/t29-,31-,32-,33-,35?,36-,37+,38-,39-,40-,41-,42-,43+,44+,45-,49?,50?/m1/s1. The second-order valence-electron chi connectivity index (χ2n) is 20.6. The molecule has 3 saturated heterocycles. The number of amides is 1. The third kappa shape index (κ3) is 14.6. The van der Waals surface area contributed by atoms with Gasteiger partial charge in [-0.3, -0.25) is 9.32 Å². The summed E-state index contributed by atoms with van der Waals surface area (Å²) in [6.45, 7) is 17.2. The molecule has 1 aromatic heterocycles. The molecule has 0 aliphatic carbocycles. The number of alkyl halides is 1. The minimum absolute atomic E-state index is 0.0219. The molecule has 71 heavy (non-hydrogen) atoms. The first-order valence-electron chi connectivity index (χ1n) is 24.2.